The quantitative estimate of drug-likeness (QED) is 0.797. The minimum Gasteiger partial charge on any atom is -0.313 e. The SMILES string of the molecule is CC(C)NCCS(=O)(=O)NCc1ccc(Br)s1. The van der Waals surface area contributed by atoms with E-state index in [1.54, 1.807) is 0 Å². The molecular weight excluding hydrogens is 324 g/mol. The highest BCUT2D eigenvalue weighted by Crippen LogP contribution is 2.21. The van der Waals surface area contributed by atoms with Crippen LogP contribution >= 0.6 is 27.3 Å². The normalized spacial score (nSPS) is 12.2. The van der Waals surface area contributed by atoms with Gasteiger partial charge in [-0.1, -0.05) is 13.8 Å². The lowest BCUT2D eigenvalue weighted by Crippen LogP contribution is -2.34. The van der Waals surface area contributed by atoms with Gasteiger partial charge in [0.05, 0.1) is 9.54 Å². The van der Waals surface area contributed by atoms with Crippen LogP contribution in [0.2, 0.25) is 0 Å². The maximum absolute atomic E-state index is 11.6. The van der Waals surface area contributed by atoms with Crippen LogP contribution in [0.4, 0.5) is 0 Å². The maximum Gasteiger partial charge on any atom is 0.213 e. The van der Waals surface area contributed by atoms with Gasteiger partial charge in [0.15, 0.2) is 0 Å². The van der Waals surface area contributed by atoms with Crippen molar-refractivity contribution in [3.05, 3.63) is 20.8 Å². The third kappa shape index (κ3) is 6.52. The first-order chi connectivity index (χ1) is 7.89. The van der Waals surface area contributed by atoms with Gasteiger partial charge in [-0.2, -0.15) is 0 Å². The highest BCUT2D eigenvalue weighted by Gasteiger charge is 2.10. The Labute approximate surface area is 115 Å². The van der Waals surface area contributed by atoms with Gasteiger partial charge in [-0.15, -0.1) is 11.3 Å². The molecule has 98 valence electrons. The number of thiophene rings is 1. The van der Waals surface area contributed by atoms with Crippen molar-refractivity contribution in [1.29, 1.82) is 0 Å². The maximum atomic E-state index is 11.6. The standard InChI is InChI=1S/C10H17BrN2O2S2/c1-8(2)12-5-6-17(14,15)13-7-9-3-4-10(11)16-9/h3-4,8,12-13H,5-7H2,1-2H3. The minimum atomic E-state index is -3.19. The average Bonchev–Trinajstić information content (AvgIpc) is 2.61. The lowest BCUT2D eigenvalue weighted by atomic mass is 10.4. The van der Waals surface area contributed by atoms with E-state index < -0.39 is 10.0 Å². The number of hydrogen-bond donors (Lipinski definition) is 2. The van der Waals surface area contributed by atoms with Crippen molar-refractivity contribution in [2.75, 3.05) is 12.3 Å². The zero-order chi connectivity index (χ0) is 12.9. The van der Waals surface area contributed by atoms with Crippen molar-refractivity contribution in [3.63, 3.8) is 0 Å². The van der Waals surface area contributed by atoms with E-state index in [1.165, 1.54) is 11.3 Å². The van der Waals surface area contributed by atoms with Crippen LogP contribution in [-0.4, -0.2) is 26.8 Å². The Balaban J connectivity index is 2.34. The van der Waals surface area contributed by atoms with E-state index in [-0.39, 0.29) is 5.75 Å². The zero-order valence-corrected chi connectivity index (χ0v) is 13.1. The van der Waals surface area contributed by atoms with E-state index in [2.05, 4.69) is 26.0 Å². The summed E-state index contributed by atoms with van der Waals surface area (Å²) in [6.07, 6.45) is 0. The topological polar surface area (TPSA) is 58.2 Å². The minimum absolute atomic E-state index is 0.109. The van der Waals surface area contributed by atoms with Gasteiger partial charge in [0.25, 0.3) is 0 Å². The summed E-state index contributed by atoms with van der Waals surface area (Å²) in [6, 6.07) is 4.12. The van der Waals surface area contributed by atoms with Gasteiger partial charge in [0, 0.05) is 24.0 Å². The van der Waals surface area contributed by atoms with Crippen molar-refractivity contribution in [1.82, 2.24) is 10.0 Å². The second-order valence-electron chi connectivity index (χ2n) is 3.95. The van der Waals surface area contributed by atoms with E-state index in [1.807, 2.05) is 26.0 Å². The van der Waals surface area contributed by atoms with Crippen LogP contribution in [0.25, 0.3) is 0 Å². The molecule has 1 aromatic rings. The Bertz CT molecular complexity index is 443. The lowest BCUT2D eigenvalue weighted by Gasteiger charge is -2.09. The molecule has 0 aliphatic heterocycles. The molecule has 0 bridgehead atoms. The molecule has 0 amide bonds. The summed E-state index contributed by atoms with van der Waals surface area (Å²) in [5, 5.41) is 3.08. The molecule has 17 heavy (non-hydrogen) atoms. The van der Waals surface area contributed by atoms with Crippen molar-refractivity contribution in [2.45, 2.75) is 26.4 Å². The molecule has 7 heteroatoms. The summed E-state index contributed by atoms with van der Waals surface area (Å²) in [5.41, 5.74) is 0. The molecule has 4 nitrogen and oxygen atoms in total. The molecule has 0 unspecified atom stereocenters. The van der Waals surface area contributed by atoms with Crippen molar-refractivity contribution in [2.24, 2.45) is 0 Å². The van der Waals surface area contributed by atoms with Gasteiger partial charge < -0.3 is 5.32 Å². The summed E-state index contributed by atoms with van der Waals surface area (Å²) >= 11 is 4.87. The van der Waals surface area contributed by atoms with Crippen LogP contribution in [0.3, 0.4) is 0 Å². The molecule has 1 rings (SSSR count). The molecular formula is C10H17BrN2O2S2. The molecule has 0 spiro atoms. The Morgan fingerprint density at radius 2 is 2.12 bits per heavy atom. The third-order valence-corrected chi connectivity index (χ3v) is 4.97. The van der Waals surface area contributed by atoms with Gasteiger partial charge >= 0.3 is 0 Å². The molecule has 0 aromatic carbocycles. The Hall–Kier alpha value is 0.0500. The summed E-state index contributed by atoms with van der Waals surface area (Å²) in [6.45, 7) is 4.81. The molecule has 0 radical (unpaired) electrons. The van der Waals surface area contributed by atoms with Crippen LogP contribution in [0.5, 0.6) is 0 Å². The highest BCUT2D eigenvalue weighted by atomic mass is 79.9. The van der Waals surface area contributed by atoms with Crippen LogP contribution in [-0.2, 0) is 16.6 Å². The van der Waals surface area contributed by atoms with E-state index in [0.717, 1.165) is 8.66 Å². The Kier molecular flexibility index (Phi) is 6.08. The Morgan fingerprint density at radius 3 is 2.65 bits per heavy atom. The van der Waals surface area contributed by atoms with Crippen LogP contribution in [0.1, 0.15) is 18.7 Å². The van der Waals surface area contributed by atoms with Crippen LogP contribution in [0.15, 0.2) is 15.9 Å². The smallest absolute Gasteiger partial charge is 0.213 e. The largest absolute Gasteiger partial charge is 0.313 e. The fraction of sp³-hybridized carbons (Fsp3) is 0.600. The first kappa shape index (κ1) is 15.1. The van der Waals surface area contributed by atoms with E-state index >= 15 is 0 Å². The van der Waals surface area contributed by atoms with E-state index in [0.29, 0.717) is 19.1 Å². The van der Waals surface area contributed by atoms with Gasteiger partial charge in [0.2, 0.25) is 10.0 Å². The fourth-order valence-electron chi connectivity index (χ4n) is 1.18. The number of halogens is 1. The van der Waals surface area contributed by atoms with Crippen molar-refractivity contribution < 1.29 is 8.42 Å². The first-order valence-electron chi connectivity index (χ1n) is 5.34. The number of rotatable bonds is 7. The second-order valence-corrected chi connectivity index (χ2v) is 8.43. The van der Waals surface area contributed by atoms with Crippen LogP contribution in [0, 0.1) is 0 Å². The summed E-state index contributed by atoms with van der Waals surface area (Å²) in [5.74, 6) is 0.109. The van der Waals surface area contributed by atoms with Gasteiger partial charge in [-0.25, -0.2) is 13.1 Å². The molecule has 2 N–H and O–H groups in total. The molecule has 0 saturated carbocycles. The number of nitrogens with one attached hydrogen (secondary N) is 2. The monoisotopic (exact) mass is 340 g/mol. The fourth-order valence-corrected chi connectivity index (χ4v) is 3.60. The van der Waals surface area contributed by atoms with Gasteiger partial charge in [-0.3, -0.25) is 0 Å². The average molecular weight is 341 g/mol. The van der Waals surface area contributed by atoms with Crippen molar-refractivity contribution >= 4 is 37.3 Å². The predicted molar refractivity (Wildman–Crippen MR) is 75.8 cm³/mol. The third-order valence-electron chi connectivity index (χ3n) is 2.02. The van der Waals surface area contributed by atoms with Gasteiger partial charge in [-0.05, 0) is 28.1 Å². The van der Waals surface area contributed by atoms with E-state index in [9.17, 15) is 8.42 Å². The second kappa shape index (κ2) is 6.84. The number of sulfonamides is 1. The van der Waals surface area contributed by atoms with Gasteiger partial charge in [0.1, 0.15) is 0 Å². The summed E-state index contributed by atoms with van der Waals surface area (Å²) < 4.78 is 26.9. The molecule has 0 aliphatic carbocycles. The van der Waals surface area contributed by atoms with Crippen LogP contribution < -0.4 is 10.0 Å². The van der Waals surface area contributed by atoms with Crippen molar-refractivity contribution in [3.8, 4) is 0 Å². The summed E-state index contributed by atoms with van der Waals surface area (Å²) in [4.78, 5) is 0.997. The highest BCUT2D eigenvalue weighted by molar-refractivity contribution is 9.11. The molecule has 1 aromatic heterocycles. The molecule has 0 saturated heterocycles. The predicted octanol–water partition coefficient (Wildman–Crippen LogP) is 1.93. The Morgan fingerprint density at radius 1 is 1.41 bits per heavy atom. The lowest BCUT2D eigenvalue weighted by molar-refractivity contribution is 0.567. The zero-order valence-electron chi connectivity index (χ0n) is 9.86. The van der Waals surface area contributed by atoms with E-state index in [4.69, 9.17) is 0 Å². The number of hydrogen-bond acceptors (Lipinski definition) is 4. The molecule has 1 heterocycles. The first-order valence-corrected chi connectivity index (χ1v) is 8.60. The molecule has 0 fully saturated rings. The molecule has 0 atom stereocenters. The molecule has 0 aliphatic rings. The summed E-state index contributed by atoms with van der Waals surface area (Å²) in [7, 11) is -3.19.